The molecule has 3 heterocycles. The van der Waals surface area contributed by atoms with Crippen LogP contribution in [0.1, 0.15) is 39.2 Å². The Morgan fingerprint density at radius 2 is 1.76 bits per heavy atom. The second-order valence-electron chi connectivity index (χ2n) is 11.0. The summed E-state index contributed by atoms with van der Waals surface area (Å²) in [5.74, 6) is 0. The summed E-state index contributed by atoms with van der Waals surface area (Å²) in [7, 11) is 0. The molecule has 0 spiro atoms. The summed E-state index contributed by atoms with van der Waals surface area (Å²) in [6, 6.07) is 23.0. The molecule has 1 aliphatic rings. The third-order valence-electron chi connectivity index (χ3n) is 6.90. The van der Waals surface area contributed by atoms with Crippen LogP contribution in [0.2, 0.25) is 0 Å². The van der Waals surface area contributed by atoms with Gasteiger partial charge in [-0.05, 0) is 69.9 Å². The van der Waals surface area contributed by atoms with E-state index in [-0.39, 0.29) is 12.1 Å². The molecule has 0 saturated carbocycles. The number of carbonyl (C=O) groups is 1. The van der Waals surface area contributed by atoms with E-state index < -0.39 is 5.60 Å². The number of amides is 1. The summed E-state index contributed by atoms with van der Waals surface area (Å²) in [5.41, 5.74) is 8.04. The van der Waals surface area contributed by atoms with Crippen molar-refractivity contribution in [2.24, 2.45) is 0 Å². The van der Waals surface area contributed by atoms with Crippen LogP contribution in [-0.2, 0) is 4.74 Å². The Bertz CT molecular complexity index is 1490. The normalized spacial score (nSPS) is 15.8. The predicted molar refractivity (Wildman–Crippen MR) is 154 cm³/mol. The van der Waals surface area contributed by atoms with Gasteiger partial charge >= 0.3 is 6.09 Å². The van der Waals surface area contributed by atoms with E-state index in [0.717, 1.165) is 59.5 Å². The Kier molecular flexibility index (Phi) is 6.86. The number of ether oxygens (including phenoxy) is 1. The molecule has 5 rings (SSSR count). The van der Waals surface area contributed by atoms with E-state index in [1.807, 2.05) is 45.0 Å². The summed E-state index contributed by atoms with van der Waals surface area (Å²) in [6.07, 6.45) is 3.66. The third-order valence-corrected chi connectivity index (χ3v) is 6.90. The number of rotatable bonds is 4. The van der Waals surface area contributed by atoms with Gasteiger partial charge in [0.05, 0.1) is 23.5 Å². The van der Waals surface area contributed by atoms with Crippen LogP contribution in [0, 0.1) is 13.5 Å². The van der Waals surface area contributed by atoms with Crippen molar-refractivity contribution < 1.29 is 9.53 Å². The summed E-state index contributed by atoms with van der Waals surface area (Å²) >= 11 is 0. The number of aryl methyl sites for hydroxylation is 1. The van der Waals surface area contributed by atoms with Crippen molar-refractivity contribution in [3.63, 3.8) is 0 Å². The van der Waals surface area contributed by atoms with Gasteiger partial charge in [-0.2, -0.15) is 0 Å². The zero-order chi connectivity index (χ0) is 26.9. The number of piperidine rings is 1. The molecule has 1 atom stereocenters. The van der Waals surface area contributed by atoms with Crippen LogP contribution in [0.4, 0.5) is 16.2 Å². The first-order valence-electron chi connectivity index (χ1n) is 13.2. The van der Waals surface area contributed by atoms with Gasteiger partial charge in [0.15, 0.2) is 5.69 Å². The number of pyridine rings is 1. The quantitative estimate of drug-likeness (QED) is 0.290. The topological polar surface area (TPSA) is 50.3 Å². The minimum atomic E-state index is -0.522. The van der Waals surface area contributed by atoms with Gasteiger partial charge in [-0.15, -0.1) is 0 Å². The fourth-order valence-electron chi connectivity index (χ4n) is 5.18. The molecule has 194 valence electrons. The van der Waals surface area contributed by atoms with Gasteiger partial charge in [0.2, 0.25) is 0 Å². The van der Waals surface area contributed by atoms with Crippen molar-refractivity contribution >= 4 is 23.0 Å². The van der Waals surface area contributed by atoms with Crippen LogP contribution in [0.3, 0.4) is 0 Å². The Hall–Kier alpha value is -4.24. The molecule has 2 aromatic carbocycles. The molecule has 1 amide bonds. The van der Waals surface area contributed by atoms with Gasteiger partial charge in [0.1, 0.15) is 5.60 Å². The van der Waals surface area contributed by atoms with Crippen LogP contribution >= 0.6 is 0 Å². The minimum Gasteiger partial charge on any atom is -0.444 e. The molecular formula is C32H34N4O2. The summed E-state index contributed by atoms with van der Waals surface area (Å²) < 4.78 is 7.77. The van der Waals surface area contributed by atoms with E-state index in [1.54, 1.807) is 0 Å². The number of alkyl carbamates (subject to hydrolysis) is 1. The zero-order valence-corrected chi connectivity index (χ0v) is 22.5. The molecule has 4 aromatic rings. The van der Waals surface area contributed by atoms with Crippen molar-refractivity contribution in [1.29, 1.82) is 0 Å². The van der Waals surface area contributed by atoms with Crippen molar-refractivity contribution in [2.45, 2.75) is 52.2 Å². The molecule has 0 bridgehead atoms. The van der Waals surface area contributed by atoms with Crippen LogP contribution in [0.25, 0.3) is 32.7 Å². The van der Waals surface area contributed by atoms with Crippen LogP contribution in [-0.4, -0.2) is 35.2 Å². The number of benzene rings is 2. The van der Waals surface area contributed by atoms with E-state index in [0.29, 0.717) is 5.69 Å². The maximum atomic E-state index is 12.4. The van der Waals surface area contributed by atoms with E-state index in [4.69, 9.17) is 11.3 Å². The largest absolute Gasteiger partial charge is 0.444 e. The van der Waals surface area contributed by atoms with Crippen LogP contribution in [0.15, 0.2) is 72.9 Å². The van der Waals surface area contributed by atoms with Crippen molar-refractivity contribution in [2.75, 3.05) is 18.0 Å². The van der Waals surface area contributed by atoms with Gasteiger partial charge in [0, 0.05) is 30.9 Å². The molecule has 0 radical (unpaired) electrons. The summed E-state index contributed by atoms with van der Waals surface area (Å²) in [5, 5.41) is 3.07. The first-order chi connectivity index (χ1) is 18.2. The maximum Gasteiger partial charge on any atom is 0.407 e. The van der Waals surface area contributed by atoms with Gasteiger partial charge in [-0.25, -0.2) is 9.64 Å². The lowest BCUT2D eigenvalue weighted by molar-refractivity contribution is 0.0500. The molecule has 1 saturated heterocycles. The molecule has 1 N–H and O–H groups in total. The van der Waals surface area contributed by atoms with E-state index in [1.165, 1.54) is 5.56 Å². The summed E-state index contributed by atoms with van der Waals surface area (Å²) in [4.78, 5) is 18.4. The first kappa shape index (κ1) is 25.4. The molecule has 0 aliphatic carbocycles. The predicted octanol–water partition coefficient (Wildman–Crippen LogP) is 7.63. The zero-order valence-electron chi connectivity index (χ0n) is 22.5. The molecule has 2 aromatic heterocycles. The fourth-order valence-corrected chi connectivity index (χ4v) is 5.18. The van der Waals surface area contributed by atoms with Crippen molar-refractivity contribution in [3.05, 3.63) is 89.9 Å². The number of fused-ring (bicyclic) bond motifs is 1. The lowest BCUT2D eigenvalue weighted by Crippen LogP contribution is -2.49. The lowest BCUT2D eigenvalue weighted by Gasteiger charge is -2.35. The first-order valence-corrected chi connectivity index (χ1v) is 13.2. The second-order valence-corrected chi connectivity index (χ2v) is 11.0. The molecule has 6 heteroatoms. The van der Waals surface area contributed by atoms with Gasteiger partial charge in [-0.1, -0.05) is 54.1 Å². The Morgan fingerprint density at radius 3 is 2.45 bits per heavy atom. The van der Waals surface area contributed by atoms with E-state index in [2.05, 4.69) is 75.0 Å². The standard InChI is InChI=1S/C32H34N4O2/c1-22-10-12-24(13-11-22)30-27(23-14-16-25(33-5)17-15-23)20-29-28(9-7-19-36(29)30)35-18-6-8-26(21-35)34-31(37)38-32(2,3)4/h7,9-17,19-20,26H,6,8,18,21H2,1-4H3,(H,34,37)/t26-/m1/s1. The monoisotopic (exact) mass is 506 g/mol. The highest BCUT2D eigenvalue weighted by molar-refractivity contribution is 5.91. The van der Waals surface area contributed by atoms with Crippen molar-refractivity contribution in [1.82, 2.24) is 9.72 Å². The highest BCUT2D eigenvalue weighted by Gasteiger charge is 2.26. The Labute approximate surface area is 224 Å². The maximum absolute atomic E-state index is 12.4. The van der Waals surface area contributed by atoms with E-state index >= 15 is 0 Å². The SMILES string of the molecule is [C-]#[N+]c1ccc(-c2cc3c(N4CCC[C@@H](NC(=O)OC(C)(C)C)C4)cccn3c2-c2ccc(C)cc2)cc1. The average Bonchev–Trinajstić information content (AvgIpc) is 3.28. The minimum absolute atomic E-state index is 0.0195. The molecular weight excluding hydrogens is 472 g/mol. The average molecular weight is 507 g/mol. The molecule has 0 unspecified atom stereocenters. The number of nitrogens with zero attached hydrogens (tertiary/aromatic N) is 3. The van der Waals surface area contributed by atoms with Gasteiger partial charge in [0.25, 0.3) is 0 Å². The fraction of sp³-hybridized carbons (Fsp3) is 0.312. The highest BCUT2D eigenvalue weighted by Crippen LogP contribution is 2.39. The Morgan fingerprint density at radius 1 is 1.05 bits per heavy atom. The summed E-state index contributed by atoms with van der Waals surface area (Å²) in [6.45, 7) is 16.7. The highest BCUT2D eigenvalue weighted by atomic mass is 16.6. The van der Waals surface area contributed by atoms with Crippen LogP contribution in [0.5, 0.6) is 0 Å². The molecule has 6 nitrogen and oxygen atoms in total. The number of hydrogen-bond acceptors (Lipinski definition) is 3. The van der Waals surface area contributed by atoms with E-state index in [9.17, 15) is 4.79 Å². The Balaban J connectivity index is 1.55. The number of nitrogens with one attached hydrogen (secondary N) is 1. The number of hydrogen-bond donors (Lipinski definition) is 1. The van der Waals surface area contributed by atoms with Crippen LogP contribution < -0.4 is 10.2 Å². The number of anilines is 1. The smallest absolute Gasteiger partial charge is 0.407 e. The second kappa shape index (κ2) is 10.3. The number of carbonyl (C=O) groups excluding carboxylic acids is 1. The lowest BCUT2D eigenvalue weighted by atomic mass is 10.0. The molecule has 1 aliphatic heterocycles. The molecule has 38 heavy (non-hydrogen) atoms. The van der Waals surface area contributed by atoms with Gasteiger partial charge in [-0.3, -0.25) is 0 Å². The number of aromatic nitrogens is 1. The molecule has 1 fully saturated rings. The van der Waals surface area contributed by atoms with Crippen molar-refractivity contribution in [3.8, 4) is 22.4 Å². The van der Waals surface area contributed by atoms with Gasteiger partial charge < -0.3 is 19.4 Å². The third kappa shape index (κ3) is 5.38.